The maximum Gasteiger partial charge on any atom is 0.315 e. The number of piperazine rings is 1. The highest BCUT2D eigenvalue weighted by atomic mass is 16.5. The molecule has 25 heavy (non-hydrogen) atoms. The fourth-order valence-corrected chi connectivity index (χ4v) is 2.99. The van der Waals surface area contributed by atoms with E-state index in [1.165, 1.54) is 0 Å². The molecule has 0 spiro atoms. The first-order chi connectivity index (χ1) is 11.8. The van der Waals surface area contributed by atoms with E-state index in [4.69, 9.17) is 4.74 Å². The van der Waals surface area contributed by atoms with E-state index in [1.54, 1.807) is 0 Å². The van der Waals surface area contributed by atoms with Crippen LogP contribution in [0.4, 0.5) is 4.79 Å². The number of nitrogens with zero attached hydrogens (tertiary/aromatic N) is 2. The normalized spacial score (nSPS) is 20.3. The highest BCUT2D eigenvalue weighted by Crippen LogP contribution is 2.20. The standard InChI is InChI=1S/C19H32N4O2/c1-14(2)25-18-8-6-7-16(11-18)15(3)21-19(24)20-12-17-13-22(4)9-10-23(17)5/h6-8,11,14-15,17H,9-10,12-13H2,1-5H3,(H2,20,21,24)/t15-,17+/m1/s1. The molecule has 0 unspecified atom stereocenters. The van der Waals surface area contributed by atoms with Crippen LogP contribution in [0.1, 0.15) is 32.4 Å². The lowest BCUT2D eigenvalue weighted by Gasteiger charge is -2.37. The van der Waals surface area contributed by atoms with Crippen LogP contribution in [-0.2, 0) is 0 Å². The van der Waals surface area contributed by atoms with E-state index in [9.17, 15) is 4.79 Å². The highest BCUT2D eigenvalue weighted by Gasteiger charge is 2.22. The summed E-state index contributed by atoms with van der Waals surface area (Å²) >= 11 is 0. The van der Waals surface area contributed by atoms with Crippen molar-refractivity contribution in [3.8, 4) is 5.75 Å². The predicted octanol–water partition coefficient (Wildman–Crippen LogP) is 2.08. The van der Waals surface area contributed by atoms with E-state index in [0.717, 1.165) is 30.9 Å². The van der Waals surface area contributed by atoms with Crippen LogP contribution in [0.15, 0.2) is 24.3 Å². The summed E-state index contributed by atoms with van der Waals surface area (Å²) in [5.74, 6) is 0.827. The molecule has 2 rings (SSSR count). The number of benzene rings is 1. The molecule has 1 saturated heterocycles. The van der Waals surface area contributed by atoms with Crippen LogP contribution >= 0.6 is 0 Å². The van der Waals surface area contributed by atoms with Crippen molar-refractivity contribution in [2.24, 2.45) is 0 Å². The molecule has 0 radical (unpaired) electrons. The third-order valence-electron chi connectivity index (χ3n) is 4.56. The highest BCUT2D eigenvalue weighted by molar-refractivity contribution is 5.74. The summed E-state index contributed by atoms with van der Waals surface area (Å²) in [5.41, 5.74) is 1.03. The van der Waals surface area contributed by atoms with Crippen molar-refractivity contribution in [3.63, 3.8) is 0 Å². The molecule has 1 heterocycles. The molecule has 1 aromatic carbocycles. The summed E-state index contributed by atoms with van der Waals surface area (Å²) in [5, 5.41) is 6.01. The first-order valence-electron chi connectivity index (χ1n) is 9.05. The summed E-state index contributed by atoms with van der Waals surface area (Å²) in [6.45, 7) is 9.71. The first-order valence-corrected chi connectivity index (χ1v) is 9.05. The minimum Gasteiger partial charge on any atom is -0.491 e. The van der Waals surface area contributed by atoms with E-state index in [2.05, 4.69) is 34.5 Å². The fraction of sp³-hybridized carbons (Fsp3) is 0.632. The average molecular weight is 348 g/mol. The minimum absolute atomic E-state index is 0.0810. The Hall–Kier alpha value is -1.79. The average Bonchev–Trinajstić information content (AvgIpc) is 2.55. The number of urea groups is 1. The lowest BCUT2D eigenvalue weighted by atomic mass is 10.1. The Morgan fingerprint density at radius 2 is 2.04 bits per heavy atom. The van der Waals surface area contributed by atoms with Crippen molar-refractivity contribution in [1.29, 1.82) is 0 Å². The number of hydrogen-bond acceptors (Lipinski definition) is 4. The third kappa shape index (κ3) is 6.21. The molecule has 1 aliphatic heterocycles. The number of carbonyl (C=O) groups excluding carboxylic acids is 1. The molecule has 2 amide bonds. The number of nitrogens with one attached hydrogen (secondary N) is 2. The van der Waals surface area contributed by atoms with Crippen LogP contribution in [0.5, 0.6) is 5.75 Å². The Bertz CT molecular complexity index is 564. The maximum absolute atomic E-state index is 12.2. The van der Waals surface area contributed by atoms with E-state index in [1.807, 2.05) is 45.0 Å². The zero-order valence-corrected chi connectivity index (χ0v) is 16.1. The Morgan fingerprint density at radius 3 is 2.76 bits per heavy atom. The molecule has 0 aromatic heterocycles. The van der Waals surface area contributed by atoms with Crippen LogP contribution in [-0.4, -0.2) is 68.3 Å². The van der Waals surface area contributed by atoms with Gasteiger partial charge < -0.3 is 20.3 Å². The molecule has 1 aromatic rings. The van der Waals surface area contributed by atoms with Crippen molar-refractivity contribution in [2.75, 3.05) is 40.3 Å². The van der Waals surface area contributed by atoms with Gasteiger partial charge >= 0.3 is 6.03 Å². The molecule has 1 fully saturated rings. The molecule has 0 bridgehead atoms. The minimum atomic E-state index is -0.135. The van der Waals surface area contributed by atoms with Crippen molar-refractivity contribution < 1.29 is 9.53 Å². The van der Waals surface area contributed by atoms with Crippen molar-refractivity contribution in [2.45, 2.75) is 39.0 Å². The van der Waals surface area contributed by atoms with Gasteiger partial charge in [0.1, 0.15) is 5.75 Å². The molecule has 6 nitrogen and oxygen atoms in total. The molecular weight excluding hydrogens is 316 g/mol. The van der Waals surface area contributed by atoms with E-state index < -0.39 is 0 Å². The van der Waals surface area contributed by atoms with Crippen LogP contribution in [0, 0.1) is 0 Å². The Labute approximate surface area is 151 Å². The van der Waals surface area contributed by atoms with Gasteiger partial charge in [0.05, 0.1) is 12.1 Å². The number of rotatable bonds is 6. The largest absolute Gasteiger partial charge is 0.491 e. The van der Waals surface area contributed by atoms with Gasteiger partial charge in [0.25, 0.3) is 0 Å². The Morgan fingerprint density at radius 1 is 1.28 bits per heavy atom. The lowest BCUT2D eigenvalue weighted by Crippen LogP contribution is -2.55. The summed E-state index contributed by atoms with van der Waals surface area (Å²) in [6, 6.07) is 8.01. The predicted molar refractivity (Wildman–Crippen MR) is 101 cm³/mol. The second-order valence-electron chi connectivity index (χ2n) is 7.21. The molecule has 6 heteroatoms. The number of likely N-dealkylation sites (N-methyl/N-ethyl adjacent to an activating group) is 2. The van der Waals surface area contributed by atoms with Crippen molar-refractivity contribution >= 4 is 6.03 Å². The van der Waals surface area contributed by atoms with Gasteiger partial charge in [-0.15, -0.1) is 0 Å². The molecule has 140 valence electrons. The van der Waals surface area contributed by atoms with Crippen molar-refractivity contribution in [1.82, 2.24) is 20.4 Å². The second kappa shape index (κ2) is 9.06. The van der Waals surface area contributed by atoms with E-state index >= 15 is 0 Å². The second-order valence-corrected chi connectivity index (χ2v) is 7.21. The topological polar surface area (TPSA) is 56.8 Å². The quantitative estimate of drug-likeness (QED) is 0.826. The summed E-state index contributed by atoms with van der Waals surface area (Å²) in [4.78, 5) is 16.8. The zero-order valence-electron chi connectivity index (χ0n) is 16.1. The first kappa shape index (κ1) is 19.5. The van der Waals surface area contributed by atoms with Crippen LogP contribution < -0.4 is 15.4 Å². The molecule has 0 saturated carbocycles. The van der Waals surface area contributed by atoms with Gasteiger partial charge in [-0.3, -0.25) is 4.90 Å². The summed E-state index contributed by atoms with van der Waals surface area (Å²) < 4.78 is 5.72. The smallest absolute Gasteiger partial charge is 0.315 e. The van der Waals surface area contributed by atoms with Gasteiger partial charge in [0.15, 0.2) is 0 Å². The van der Waals surface area contributed by atoms with Gasteiger partial charge in [-0.2, -0.15) is 0 Å². The lowest BCUT2D eigenvalue weighted by molar-refractivity contribution is 0.114. The van der Waals surface area contributed by atoms with E-state index in [-0.39, 0.29) is 18.2 Å². The maximum atomic E-state index is 12.2. The summed E-state index contributed by atoms with van der Waals surface area (Å²) in [6.07, 6.45) is 0.132. The Balaban J connectivity index is 1.83. The molecule has 2 N–H and O–H groups in total. The Kier molecular flexibility index (Phi) is 7.08. The third-order valence-corrected chi connectivity index (χ3v) is 4.56. The number of carbonyl (C=O) groups is 1. The van der Waals surface area contributed by atoms with Crippen LogP contribution in [0.2, 0.25) is 0 Å². The van der Waals surface area contributed by atoms with Gasteiger partial charge in [0.2, 0.25) is 0 Å². The van der Waals surface area contributed by atoms with E-state index in [0.29, 0.717) is 12.6 Å². The fourth-order valence-electron chi connectivity index (χ4n) is 2.99. The van der Waals surface area contributed by atoms with Gasteiger partial charge in [-0.05, 0) is 52.6 Å². The number of hydrogen-bond donors (Lipinski definition) is 2. The van der Waals surface area contributed by atoms with Crippen LogP contribution in [0.3, 0.4) is 0 Å². The van der Waals surface area contributed by atoms with Gasteiger partial charge in [-0.1, -0.05) is 12.1 Å². The van der Waals surface area contributed by atoms with Crippen molar-refractivity contribution in [3.05, 3.63) is 29.8 Å². The van der Waals surface area contributed by atoms with Gasteiger partial charge in [-0.25, -0.2) is 4.79 Å². The SMILES string of the molecule is CC(C)Oc1cccc([C@@H](C)NC(=O)NC[C@H]2CN(C)CCN2C)c1. The molecule has 2 atom stereocenters. The summed E-state index contributed by atoms with van der Waals surface area (Å²) in [7, 11) is 4.23. The monoisotopic (exact) mass is 348 g/mol. The number of ether oxygens (including phenoxy) is 1. The molecular formula is C19H32N4O2. The van der Waals surface area contributed by atoms with Crippen LogP contribution in [0.25, 0.3) is 0 Å². The number of amides is 2. The van der Waals surface area contributed by atoms with Gasteiger partial charge in [0, 0.05) is 32.2 Å². The zero-order chi connectivity index (χ0) is 18.4. The molecule has 0 aliphatic carbocycles. The molecule has 1 aliphatic rings.